The van der Waals surface area contributed by atoms with E-state index in [4.69, 9.17) is 46.4 Å². The SMILES string of the molecule is O=C(NC(Nc1ccc(Cl)cc1)C(Cl)(Cl)Cl)C(c1ccccc1)c1ccccc1. The number of hydrogen-bond donors (Lipinski definition) is 2. The van der Waals surface area contributed by atoms with Crippen LogP contribution in [-0.4, -0.2) is 15.9 Å². The molecule has 3 aromatic carbocycles. The Morgan fingerprint density at radius 1 is 0.759 bits per heavy atom. The number of nitrogens with one attached hydrogen (secondary N) is 2. The summed E-state index contributed by atoms with van der Waals surface area (Å²) >= 11 is 24.4. The van der Waals surface area contributed by atoms with Crippen LogP contribution in [0.3, 0.4) is 0 Å². The largest absolute Gasteiger partial charge is 0.362 e. The molecule has 0 aromatic heterocycles. The van der Waals surface area contributed by atoms with Crippen LogP contribution in [0.1, 0.15) is 17.0 Å². The molecule has 1 atom stereocenters. The molecule has 0 aliphatic carbocycles. The molecule has 29 heavy (non-hydrogen) atoms. The Morgan fingerprint density at radius 3 is 1.69 bits per heavy atom. The number of rotatable bonds is 6. The van der Waals surface area contributed by atoms with Crippen molar-refractivity contribution in [3.8, 4) is 0 Å². The first-order chi connectivity index (χ1) is 13.8. The summed E-state index contributed by atoms with van der Waals surface area (Å²) < 4.78 is -1.78. The topological polar surface area (TPSA) is 41.1 Å². The summed E-state index contributed by atoms with van der Waals surface area (Å²) in [4.78, 5) is 13.3. The normalized spacial score (nSPS) is 12.4. The zero-order valence-corrected chi connectivity index (χ0v) is 18.2. The molecule has 0 spiro atoms. The minimum atomic E-state index is -1.78. The highest BCUT2D eigenvalue weighted by atomic mass is 35.6. The third-order valence-electron chi connectivity index (χ3n) is 4.30. The summed E-state index contributed by atoms with van der Waals surface area (Å²) in [5.74, 6) is -0.848. The molecule has 1 amide bonds. The van der Waals surface area contributed by atoms with Crippen molar-refractivity contribution < 1.29 is 4.79 Å². The quantitative estimate of drug-likeness (QED) is 0.325. The molecule has 7 heteroatoms. The summed E-state index contributed by atoms with van der Waals surface area (Å²) in [7, 11) is 0. The number of anilines is 1. The van der Waals surface area contributed by atoms with Crippen LogP contribution in [-0.2, 0) is 4.79 Å². The summed E-state index contributed by atoms with van der Waals surface area (Å²) in [5, 5.41) is 6.47. The Morgan fingerprint density at radius 2 is 1.24 bits per heavy atom. The van der Waals surface area contributed by atoms with Crippen LogP contribution in [0.5, 0.6) is 0 Å². The van der Waals surface area contributed by atoms with Gasteiger partial charge in [0.25, 0.3) is 0 Å². The molecule has 0 fully saturated rings. The lowest BCUT2D eigenvalue weighted by Crippen LogP contribution is -2.50. The molecule has 1 unspecified atom stereocenters. The molecule has 2 N–H and O–H groups in total. The van der Waals surface area contributed by atoms with Crippen LogP contribution in [0.2, 0.25) is 5.02 Å². The molecular formula is C22H18Cl4N2O. The maximum atomic E-state index is 13.3. The minimum Gasteiger partial charge on any atom is -0.362 e. The van der Waals surface area contributed by atoms with Gasteiger partial charge in [-0.05, 0) is 35.4 Å². The zero-order chi connectivity index (χ0) is 20.9. The summed E-state index contributed by atoms with van der Waals surface area (Å²) in [5.41, 5.74) is 2.33. The lowest BCUT2D eigenvalue weighted by atomic mass is 9.90. The van der Waals surface area contributed by atoms with Crippen LogP contribution in [0.25, 0.3) is 0 Å². The van der Waals surface area contributed by atoms with Crippen molar-refractivity contribution >= 4 is 58.0 Å². The fraction of sp³-hybridized carbons (Fsp3) is 0.136. The molecule has 3 aromatic rings. The second-order valence-electron chi connectivity index (χ2n) is 6.39. The van der Waals surface area contributed by atoms with E-state index >= 15 is 0 Å². The van der Waals surface area contributed by atoms with Crippen molar-refractivity contribution in [3.63, 3.8) is 0 Å². The van der Waals surface area contributed by atoms with Crippen LogP contribution in [0.15, 0.2) is 84.9 Å². The van der Waals surface area contributed by atoms with Gasteiger partial charge in [-0.2, -0.15) is 0 Å². The van der Waals surface area contributed by atoms with Crippen molar-refractivity contribution in [2.75, 3.05) is 5.32 Å². The van der Waals surface area contributed by atoms with Gasteiger partial charge >= 0.3 is 0 Å². The van der Waals surface area contributed by atoms with Gasteiger partial charge in [0.05, 0.1) is 5.92 Å². The van der Waals surface area contributed by atoms with E-state index in [1.165, 1.54) is 0 Å². The van der Waals surface area contributed by atoms with E-state index in [0.29, 0.717) is 10.7 Å². The van der Waals surface area contributed by atoms with Gasteiger partial charge in [0.15, 0.2) is 0 Å². The van der Waals surface area contributed by atoms with Crippen molar-refractivity contribution in [2.45, 2.75) is 15.9 Å². The summed E-state index contributed by atoms with van der Waals surface area (Å²) in [6.45, 7) is 0. The molecule has 0 radical (unpaired) electrons. The number of carbonyl (C=O) groups is 1. The van der Waals surface area contributed by atoms with Gasteiger partial charge < -0.3 is 10.6 Å². The highest BCUT2D eigenvalue weighted by Gasteiger charge is 2.36. The molecule has 0 bridgehead atoms. The van der Waals surface area contributed by atoms with E-state index in [1.807, 2.05) is 60.7 Å². The number of halogens is 4. The maximum Gasteiger partial charge on any atom is 0.233 e. The first kappa shape index (κ1) is 21.8. The third kappa shape index (κ3) is 6.03. The number of alkyl halides is 3. The number of carbonyl (C=O) groups excluding carboxylic acids is 1. The Bertz CT molecular complexity index is 889. The highest BCUT2D eigenvalue weighted by molar-refractivity contribution is 6.68. The van der Waals surface area contributed by atoms with Gasteiger partial charge in [0.2, 0.25) is 9.70 Å². The summed E-state index contributed by atoms with van der Waals surface area (Å²) in [6.07, 6.45) is -0.962. The summed E-state index contributed by atoms with van der Waals surface area (Å²) in [6, 6.07) is 25.8. The number of hydrogen-bond acceptors (Lipinski definition) is 2. The lowest BCUT2D eigenvalue weighted by molar-refractivity contribution is -0.122. The van der Waals surface area contributed by atoms with Crippen LogP contribution < -0.4 is 10.6 Å². The van der Waals surface area contributed by atoms with Gasteiger partial charge in [0, 0.05) is 10.7 Å². The molecule has 0 aliphatic heterocycles. The van der Waals surface area contributed by atoms with E-state index in [0.717, 1.165) is 11.1 Å². The predicted molar refractivity (Wildman–Crippen MR) is 122 cm³/mol. The molecule has 0 saturated carbocycles. The Balaban J connectivity index is 1.88. The molecular weight excluding hydrogens is 450 g/mol. The van der Waals surface area contributed by atoms with Crippen molar-refractivity contribution in [2.24, 2.45) is 0 Å². The Kier molecular flexibility index (Phi) is 7.31. The van der Waals surface area contributed by atoms with Crippen LogP contribution in [0, 0.1) is 0 Å². The molecule has 0 saturated heterocycles. The van der Waals surface area contributed by atoms with Crippen LogP contribution in [0.4, 0.5) is 5.69 Å². The predicted octanol–water partition coefficient (Wildman–Crippen LogP) is 6.40. The Hall–Kier alpha value is -1.91. The number of amides is 1. The average Bonchev–Trinajstić information content (AvgIpc) is 2.70. The van der Waals surface area contributed by atoms with Crippen molar-refractivity contribution in [1.82, 2.24) is 5.32 Å². The van der Waals surface area contributed by atoms with Gasteiger partial charge in [-0.3, -0.25) is 4.79 Å². The van der Waals surface area contributed by atoms with E-state index < -0.39 is 15.9 Å². The van der Waals surface area contributed by atoms with E-state index in [9.17, 15) is 4.79 Å². The molecule has 0 aliphatic rings. The second-order valence-corrected chi connectivity index (χ2v) is 9.19. The fourth-order valence-corrected chi connectivity index (χ4v) is 3.38. The van der Waals surface area contributed by atoms with Crippen LogP contribution >= 0.6 is 46.4 Å². The Labute approximate surface area is 189 Å². The van der Waals surface area contributed by atoms with E-state index in [2.05, 4.69) is 10.6 Å². The maximum absolute atomic E-state index is 13.3. The van der Waals surface area contributed by atoms with Gasteiger partial charge in [0.1, 0.15) is 6.17 Å². The highest BCUT2D eigenvalue weighted by Crippen LogP contribution is 2.33. The van der Waals surface area contributed by atoms with Gasteiger partial charge in [-0.1, -0.05) is 107 Å². The van der Waals surface area contributed by atoms with Crippen molar-refractivity contribution in [1.29, 1.82) is 0 Å². The molecule has 0 heterocycles. The smallest absolute Gasteiger partial charge is 0.233 e. The molecule has 150 valence electrons. The van der Waals surface area contributed by atoms with E-state index in [1.54, 1.807) is 24.3 Å². The van der Waals surface area contributed by atoms with Gasteiger partial charge in [-0.25, -0.2) is 0 Å². The number of benzene rings is 3. The van der Waals surface area contributed by atoms with E-state index in [-0.39, 0.29) is 5.91 Å². The average molecular weight is 468 g/mol. The third-order valence-corrected chi connectivity index (χ3v) is 5.20. The molecule has 3 nitrogen and oxygen atoms in total. The molecule has 3 rings (SSSR count). The standard InChI is InChI=1S/C22H18Cl4N2O/c23-17-11-13-18(14-12-17)27-21(22(24,25)26)28-20(29)19(15-7-3-1-4-8-15)16-9-5-2-6-10-16/h1-14,19,21,27H,(H,28,29). The minimum absolute atomic E-state index is 0.291. The van der Waals surface area contributed by atoms with Gasteiger partial charge in [-0.15, -0.1) is 0 Å². The zero-order valence-electron chi connectivity index (χ0n) is 15.2. The fourth-order valence-electron chi connectivity index (χ4n) is 2.92. The monoisotopic (exact) mass is 466 g/mol. The van der Waals surface area contributed by atoms with Crippen molar-refractivity contribution in [3.05, 3.63) is 101 Å². The first-order valence-corrected chi connectivity index (χ1v) is 10.3. The first-order valence-electron chi connectivity index (χ1n) is 8.83. The lowest BCUT2D eigenvalue weighted by Gasteiger charge is -2.29. The second kappa shape index (κ2) is 9.73.